The van der Waals surface area contributed by atoms with Crippen molar-refractivity contribution in [2.45, 2.75) is 19.4 Å². The summed E-state index contributed by atoms with van der Waals surface area (Å²) in [6.45, 7) is 4.62. The number of methoxy groups -OCH3 is 1. The van der Waals surface area contributed by atoms with Crippen molar-refractivity contribution in [2.75, 3.05) is 31.7 Å². The molecule has 0 amide bonds. The minimum Gasteiger partial charge on any atom is -0.380 e. The van der Waals surface area contributed by atoms with Gasteiger partial charge in [-0.05, 0) is 30.5 Å². The molecular formula is C14H21N3O. The predicted molar refractivity (Wildman–Crippen MR) is 73.6 cm³/mol. The summed E-state index contributed by atoms with van der Waals surface area (Å²) in [6.07, 6.45) is 5.15. The highest BCUT2D eigenvalue weighted by Gasteiger charge is 2.13. The Kier molecular flexibility index (Phi) is 4.33. The maximum Gasteiger partial charge on any atom is 0.128 e. The minimum atomic E-state index is 0.0427. The second-order valence-electron chi connectivity index (χ2n) is 4.73. The van der Waals surface area contributed by atoms with Crippen molar-refractivity contribution in [3.05, 3.63) is 35.5 Å². The van der Waals surface area contributed by atoms with Crippen LogP contribution in [0.3, 0.4) is 0 Å². The van der Waals surface area contributed by atoms with E-state index in [9.17, 15) is 0 Å². The Labute approximate surface area is 108 Å². The van der Waals surface area contributed by atoms with E-state index < -0.39 is 0 Å². The molecule has 0 radical (unpaired) electrons. The zero-order chi connectivity index (χ0) is 13.0. The fourth-order valence-electron chi connectivity index (χ4n) is 2.09. The van der Waals surface area contributed by atoms with Gasteiger partial charge in [0.25, 0.3) is 0 Å². The lowest BCUT2D eigenvalue weighted by Crippen LogP contribution is -2.30. The fourth-order valence-corrected chi connectivity index (χ4v) is 2.09. The molecule has 0 aromatic carbocycles. The summed E-state index contributed by atoms with van der Waals surface area (Å²) in [7, 11) is 1.74. The summed E-state index contributed by atoms with van der Waals surface area (Å²) < 4.78 is 5.15. The molecule has 18 heavy (non-hydrogen) atoms. The molecule has 98 valence electrons. The standard InChI is InChI=1S/C14H21N3O/c1-11(15)13-3-4-14(16-9-13)17-7-5-12(6-8-17)10-18-2/h3-5,9,11H,6-8,10,15H2,1-2H3. The number of anilines is 1. The molecule has 0 saturated carbocycles. The average Bonchev–Trinajstić information content (AvgIpc) is 2.40. The highest BCUT2D eigenvalue weighted by Crippen LogP contribution is 2.19. The fraction of sp³-hybridized carbons (Fsp3) is 0.500. The quantitative estimate of drug-likeness (QED) is 0.825. The van der Waals surface area contributed by atoms with Gasteiger partial charge in [0, 0.05) is 32.4 Å². The number of ether oxygens (including phenoxy) is 1. The van der Waals surface area contributed by atoms with Crippen LogP contribution >= 0.6 is 0 Å². The molecule has 2 rings (SSSR count). The monoisotopic (exact) mass is 247 g/mol. The maximum atomic E-state index is 5.82. The summed E-state index contributed by atoms with van der Waals surface area (Å²) in [4.78, 5) is 6.75. The van der Waals surface area contributed by atoms with E-state index in [0.717, 1.165) is 37.5 Å². The van der Waals surface area contributed by atoms with Crippen LogP contribution in [0.25, 0.3) is 0 Å². The van der Waals surface area contributed by atoms with Gasteiger partial charge in [-0.15, -0.1) is 0 Å². The Morgan fingerprint density at radius 1 is 1.50 bits per heavy atom. The van der Waals surface area contributed by atoms with Crippen LogP contribution in [0.4, 0.5) is 5.82 Å². The number of nitrogens with zero attached hydrogens (tertiary/aromatic N) is 2. The van der Waals surface area contributed by atoms with Crippen molar-refractivity contribution < 1.29 is 4.74 Å². The highest BCUT2D eigenvalue weighted by molar-refractivity contribution is 5.42. The third-order valence-electron chi connectivity index (χ3n) is 3.25. The zero-order valence-corrected chi connectivity index (χ0v) is 11.1. The Bertz CT molecular complexity index is 412. The molecule has 0 spiro atoms. The number of hydrogen-bond donors (Lipinski definition) is 1. The molecule has 1 aromatic rings. The molecule has 1 aliphatic heterocycles. The number of pyridine rings is 1. The van der Waals surface area contributed by atoms with Crippen LogP contribution in [0, 0.1) is 0 Å². The average molecular weight is 247 g/mol. The summed E-state index contributed by atoms with van der Waals surface area (Å²) in [5.74, 6) is 1.02. The Morgan fingerprint density at radius 3 is 2.83 bits per heavy atom. The van der Waals surface area contributed by atoms with Crippen LogP contribution < -0.4 is 10.6 Å². The van der Waals surface area contributed by atoms with Crippen LogP contribution in [0.15, 0.2) is 30.0 Å². The number of nitrogens with two attached hydrogens (primary N) is 1. The summed E-state index contributed by atoms with van der Waals surface area (Å²) >= 11 is 0. The van der Waals surface area contributed by atoms with E-state index in [4.69, 9.17) is 10.5 Å². The maximum absolute atomic E-state index is 5.82. The molecule has 2 N–H and O–H groups in total. The lowest BCUT2D eigenvalue weighted by molar-refractivity contribution is 0.222. The summed E-state index contributed by atoms with van der Waals surface area (Å²) in [5.41, 5.74) is 8.27. The van der Waals surface area contributed by atoms with Gasteiger partial charge in [0.1, 0.15) is 5.82 Å². The van der Waals surface area contributed by atoms with E-state index in [1.807, 2.05) is 19.2 Å². The van der Waals surface area contributed by atoms with Gasteiger partial charge in [-0.3, -0.25) is 0 Å². The van der Waals surface area contributed by atoms with Crippen molar-refractivity contribution in [2.24, 2.45) is 5.73 Å². The number of aromatic nitrogens is 1. The van der Waals surface area contributed by atoms with E-state index >= 15 is 0 Å². The van der Waals surface area contributed by atoms with Crippen molar-refractivity contribution in [1.29, 1.82) is 0 Å². The summed E-state index contributed by atoms with van der Waals surface area (Å²) in [6, 6.07) is 4.15. The molecule has 1 aliphatic rings. The first-order valence-corrected chi connectivity index (χ1v) is 6.34. The molecule has 0 saturated heterocycles. The number of rotatable bonds is 4. The predicted octanol–water partition coefficient (Wildman–Crippen LogP) is 1.88. The van der Waals surface area contributed by atoms with Gasteiger partial charge in [0.15, 0.2) is 0 Å². The van der Waals surface area contributed by atoms with Gasteiger partial charge in [-0.1, -0.05) is 12.1 Å². The molecule has 4 nitrogen and oxygen atoms in total. The normalized spacial score (nSPS) is 17.5. The minimum absolute atomic E-state index is 0.0427. The Hall–Kier alpha value is -1.39. The molecule has 0 aliphatic carbocycles. The van der Waals surface area contributed by atoms with Crippen LogP contribution in [-0.4, -0.2) is 31.8 Å². The molecular weight excluding hydrogens is 226 g/mol. The van der Waals surface area contributed by atoms with Crippen molar-refractivity contribution in [3.8, 4) is 0 Å². The third kappa shape index (κ3) is 3.09. The van der Waals surface area contributed by atoms with Gasteiger partial charge in [-0.25, -0.2) is 4.98 Å². The third-order valence-corrected chi connectivity index (χ3v) is 3.25. The highest BCUT2D eigenvalue weighted by atomic mass is 16.5. The van der Waals surface area contributed by atoms with Crippen LogP contribution in [-0.2, 0) is 4.74 Å². The first kappa shape index (κ1) is 13.1. The molecule has 0 fully saturated rings. The molecule has 4 heteroatoms. The van der Waals surface area contributed by atoms with E-state index in [-0.39, 0.29) is 6.04 Å². The lowest BCUT2D eigenvalue weighted by atomic mass is 10.1. The van der Waals surface area contributed by atoms with E-state index in [2.05, 4.69) is 22.0 Å². The van der Waals surface area contributed by atoms with Gasteiger partial charge >= 0.3 is 0 Å². The van der Waals surface area contributed by atoms with E-state index in [1.165, 1.54) is 5.57 Å². The second kappa shape index (κ2) is 5.98. The first-order chi connectivity index (χ1) is 8.70. The van der Waals surface area contributed by atoms with Crippen LogP contribution in [0.1, 0.15) is 24.9 Å². The molecule has 1 unspecified atom stereocenters. The molecule has 1 aromatic heterocycles. The van der Waals surface area contributed by atoms with Crippen molar-refractivity contribution in [1.82, 2.24) is 4.98 Å². The van der Waals surface area contributed by atoms with Crippen molar-refractivity contribution >= 4 is 5.82 Å². The topological polar surface area (TPSA) is 51.4 Å². The second-order valence-corrected chi connectivity index (χ2v) is 4.73. The van der Waals surface area contributed by atoms with Crippen LogP contribution in [0.2, 0.25) is 0 Å². The SMILES string of the molecule is COCC1=CCN(c2ccc(C(C)N)cn2)CC1. The molecule has 2 heterocycles. The van der Waals surface area contributed by atoms with Crippen LogP contribution in [0.5, 0.6) is 0 Å². The largest absolute Gasteiger partial charge is 0.380 e. The van der Waals surface area contributed by atoms with Gasteiger partial charge in [0.05, 0.1) is 6.61 Å². The lowest BCUT2D eigenvalue weighted by Gasteiger charge is -2.27. The van der Waals surface area contributed by atoms with Crippen molar-refractivity contribution in [3.63, 3.8) is 0 Å². The zero-order valence-electron chi connectivity index (χ0n) is 11.1. The smallest absolute Gasteiger partial charge is 0.128 e. The van der Waals surface area contributed by atoms with Gasteiger partial charge in [-0.2, -0.15) is 0 Å². The van der Waals surface area contributed by atoms with E-state index in [0.29, 0.717) is 0 Å². The number of hydrogen-bond acceptors (Lipinski definition) is 4. The molecule has 1 atom stereocenters. The molecule has 0 bridgehead atoms. The van der Waals surface area contributed by atoms with Gasteiger partial charge in [0.2, 0.25) is 0 Å². The first-order valence-electron chi connectivity index (χ1n) is 6.34. The van der Waals surface area contributed by atoms with Gasteiger partial charge < -0.3 is 15.4 Å². The Balaban J connectivity index is 2.01. The Morgan fingerprint density at radius 2 is 2.33 bits per heavy atom. The van der Waals surface area contributed by atoms with E-state index in [1.54, 1.807) is 7.11 Å². The summed E-state index contributed by atoms with van der Waals surface area (Å²) in [5, 5.41) is 0.